The SMILES string of the molecule is O=C(O)c1ccn2c(-c3cccs3)nc(Cl)c2c1. The van der Waals surface area contributed by atoms with E-state index in [4.69, 9.17) is 16.7 Å². The molecule has 90 valence electrons. The van der Waals surface area contributed by atoms with E-state index in [-0.39, 0.29) is 5.56 Å². The first-order valence-corrected chi connectivity index (χ1v) is 6.37. The van der Waals surface area contributed by atoms with Gasteiger partial charge >= 0.3 is 5.97 Å². The van der Waals surface area contributed by atoms with Gasteiger partial charge < -0.3 is 5.11 Å². The number of hydrogen-bond donors (Lipinski definition) is 1. The molecule has 0 aliphatic rings. The molecule has 0 radical (unpaired) electrons. The Bertz CT molecular complexity index is 734. The lowest BCUT2D eigenvalue weighted by atomic mass is 10.2. The number of rotatable bonds is 2. The van der Waals surface area contributed by atoms with Gasteiger partial charge in [0.15, 0.2) is 11.0 Å². The van der Waals surface area contributed by atoms with Gasteiger partial charge in [-0.05, 0) is 23.6 Å². The number of fused-ring (bicyclic) bond motifs is 1. The van der Waals surface area contributed by atoms with Crippen LogP contribution >= 0.6 is 22.9 Å². The Morgan fingerprint density at radius 3 is 2.94 bits per heavy atom. The predicted molar refractivity (Wildman–Crippen MR) is 70.5 cm³/mol. The molecule has 0 saturated heterocycles. The number of pyridine rings is 1. The minimum atomic E-state index is -0.979. The summed E-state index contributed by atoms with van der Waals surface area (Å²) >= 11 is 7.61. The van der Waals surface area contributed by atoms with E-state index in [1.807, 2.05) is 17.5 Å². The van der Waals surface area contributed by atoms with Gasteiger partial charge in [0.1, 0.15) is 0 Å². The summed E-state index contributed by atoms with van der Waals surface area (Å²) in [4.78, 5) is 16.2. The summed E-state index contributed by atoms with van der Waals surface area (Å²) in [6.07, 6.45) is 1.67. The number of aromatic carboxylic acids is 1. The molecule has 0 aromatic carbocycles. The van der Waals surface area contributed by atoms with Gasteiger partial charge in [0.05, 0.1) is 16.0 Å². The summed E-state index contributed by atoms with van der Waals surface area (Å²) in [5.74, 6) is -0.255. The zero-order valence-electron chi connectivity index (χ0n) is 9.00. The zero-order valence-corrected chi connectivity index (χ0v) is 10.6. The van der Waals surface area contributed by atoms with Crippen molar-refractivity contribution in [3.05, 3.63) is 46.6 Å². The van der Waals surface area contributed by atoms with Crippen molar-refractivity contribution in [2.75, 3.05) is 0 Å². The highest BCUT2D eigenvalue weighted by Gasteiger charge is 2.14. The molecule has 0 spiro atoms. The van der Waals surface area contributed by atoms with E-state index >= 15 is 0 Å². The maximum atomic E-state index is 10.9. The Morgan fingerprint density at radius 2 is 2.28 bits per heavy atom. The average molecular weight is 279 g/mol. The first kappa shape index (κ1) is 11.3. The van der Waals surface area contributed by atoms with Crippen molar-refractivity contribution >= 4 is 34.4 Å². The molecule has 0 aliphatic carbocycles. The monoisotopic (exact) mass is 278 g/mol. The van der Waals surface area contributed by atoms with Crippen molar-refractivity contribution in [3.63, 3.8) is 0 Å². The van der Waals surface area contributed by atoms with Gasteiger partial charge in [-0.3, -0.25) is 4.40 Å². The highest BCUT2D eigenvalue weighted by atomic mass is 35.5. The maximum Gasteiger partial charge on any atom is 0.335 e. The standard InChI is InChI=1S/C12H7ClN2O2S/c13-10-8-6-7(12(16)17)3-4-15(8)11(14-10)9-2-1-5-18-9/h1-6H,(H,16,17). The molecule has 0 atom stereocenters. The Hall–Kier alpha value is -1.85. The minimum Gasteiger partial charge on any atom is -0.478 e. The van der Waals surface area contributed by atoms with Crippen LogP contribution in [-0.4, -0.2) is 20.5 Å². The fraction of sp³-hybridized carbons (Fsp3) is 0. The van der Waals surface area contributed by atoms with E-state index < -0.39 is 5.97 Å². The minimum absolute atomic E-state index is 0.196. The van der Waals surface area contributed by atoms with Crippen LogP contribution in [-0.2, 0) is 0 Å². The van der Waals surface area contributed by atoms with Crippen LogP contribution in [0.5, 0.6) is 0 Å². The van der Waals surface area contributed by atoms with E-state index in [9.17, 15) is 4.79 Å². The molecule has 0 unspecified atom stereocenters. The van der Waals surface area contributed by atoms with Crippen LogP contribution in [0.1, 0.15) is 10.4 Å². The number of carboxylic acid groups (broad SMARTS) is 1. The number of imidazole rings is 1. The quantitative estimate of drug-likeness (QED) is 0.781. The second-order valence-corrected chi connectivity index (χ2v) is 4.99. The Labute approximate surface area is 111 Å². The van der Waals surface area contributed by atoms with Crippen LogP contribution in [0.4, 0.5) is 0 Å². The predicted octanol–water partition coefficient (Wildman–Crippen LogP) is 3.41. The molecule has 3 heterocycles. The summed E-state index contributed by atoms with van der Waals surface area (Å²) < 4.78 is 1.79. The first-order valence-electron chi connectivity index (χ1n) is 5.11. The number of carbonyl (C=O) groups is 1. The molecule has 3 rings (SSSR count). The van der Waals surface area contributed by atoms with Gasteiger partial charge in [-0.2, -0.15) is 0 Å². The van der Waals surface area contributed by atoms with Crippen molar-refractivity contribution in [3.8, 4) is 10.7 Å². The molecular weight excluding hydrogens is 272 g/mol. The van der Waals surface area contributed by atoms with Crippen molar-refractivity contribution < 1.29 is 9.90 Å². The third kappa shape index (κ3) is 1.68. The molecule has 0 fully saturated rings. The summed E-state index contributed by atoms with van der Waals surface area (Å²) in [6, 6.07) is 6.93. The van der Waals surface area contributed by atoms with Gasteiger partial charge in [0, 0.05) is 6.20 Å². The highest BCUT2D eigenvalue weighted by Crippen LogP contribution is 2.29. The fourth-order valence-corrected chi connectivity index (χ4v) is 2.70. The van der Waals surface area contributed by atoms with Crippen LogP contribution in [0.25, 0.3) is 16.2 Å². The molecular formula is C12H7ClN2O2S. The third-order valence-corrected chi connectivity index (χ3v) is 3.73. The summed E-state index contributed by atoms with van der Waals surface area (Å²) in [5.41, 5.74) is 0.794. The molecule has 0 bridgehead atoms. The van der Waals surface area contributed by atoms with Gasteiger partial charge in [-0.15, -0.1) is 11.3 Å². The van der Waals surface area contributed by atoms with E-state index in [2.05, 4.69) is 4.98 Å². The number of nitrogens with zero attached hydrogens (tertiary/aromatic N) is 2. The topological polar surface area (TPSA) is 54.6 Å². The lowest BCUT2D eigenvalue weighted by Gasteiger charge is -1.99. The molecule has 0 saturated carbocycles. The van der Waals surface area contributed by atoms with Crippen LogP contribution in [0.3, 0.4) is 0 Å². The normalized spacial score (nSPS) is 10.9. The molecule has 6 heteroatoms. The van der Waals surface area contributed by atoms with Gasteiger partial charge in [0.2, 0.25) is 0 Å². The van der Waals surface area contributed by atoms with Crippen molar-refractivity contribution in [1.82, 2.24) is 9.38 Å². The van der Waals surface area contributed by atoms with E-state index in [0.29, 0.717) is 10.7 Å². The Balaban J connectivity index is 2.28. The van der Waals surface area contributed by atoms with Crippen LogP contribution in [0, 0.1) is 0 Å². The van der Waals surface area contributed by atoms with E-state index in [1.54, 1.807) is 21.9 Å². The molecule has 1 N–H and O–H groups in total. The summed E-state index contributed by atoms with van der Waals surface area (Å²) in [7, 11) is 0. The van der Waals surface area contributed by atoms with E-state index in [1.165, 1.54) is 12.1 Å². The van der Waals surface area contributed by atoms with Gasteiger partial charge in [-0.25, -0.2) is 9.78 Å². The van der Waals surface area contributed by atoms with Crippen molar-refractivity contribution in [2.24, 2.45) is 0 Å². The molecule has 0 amide bonds. The summed E-state index contributed by atoms with van der Waals surface area (Å²) in [5, 5.41) is 11.2. The van der Waals surface area contributed by atoms with Crippen LogP contribution in [0.2, 0.25) is 5.15 Å². The van der Waals surface area contributed by atoms with Crippen molar-refractivity contribution in [2.45, 2.75) is 0 Å². The lowest BCUT2D eigenvalue weighted by molar-refractivity contribution is 0.0697. The lowest BCUT2D eigenvalue weighted by Crippen LogP contribution is -1.97. The van der Waals surface area contributed by atoms with Crippen molar-refractivity contribution in [1.29, 1.82) is 0 Å². The molecule has 3 aromatic rings. The molecule has 0 aliphatic heterocycles. The highest BCUT2D eigenvalue weighted by molar-refractivity contribution is 7.13. The van der Waals surface area contributed by atoms with Crippen LogP contribution < -0.4 is 0 Å². The Morgan fingerprint density at radius 1 is 1.44 bits per heavy atom. The maximum absolute atomic E-state index is 10.9. The molecule has 3 aromatic heterocycles. The van der Waals surface area contributed by atoms with E-state index in [0.717, 1.165) is 10.7 Å². The second kappa shape index (κ2) is 4.12. The first-order chi connectivity index (χ1) is 8.66. The van der Waals surface area contributed by atoms with Gasteiger partial charge in [0.25, 0.3) is 0 Å². The third-order valence-electron chi connectivity index (χ3n) is 2.59. The summed E-state index contributed by atoms with van der Waals surface area (Å²) in [6.45, 7) is 0. The smallest absolute Gasteiger partial charge is 0.335 e. The largest absolute Gasteiger partial charge is 0.478 e. The molecule has 18 heavy (non-hydrogen) atoms. The number of halogens is 1. The van der Waals surface area contributed by atoms with Gasteiger partial charge in [-0.1, -0.05) is 17.7 Å². The fourth-order valence-electron chi connectivity index (χ4n) is 1.76. The average Bonchev–Trinajstić information content (AvgIpc) is 2.97. The second-order valence-electron chi connectivity index (χ2n) is 3.68. The number of carboxylic acids is 1. The Kier molecular flexibility index (Phi) is 2.57. The zero-order chi connectivity index (χ0) is 12.7. The number of thiophene rings is 1. The number of hydrogen-bond acceptors (Lipinski definition) is 3. The number of aromatic nitrogens is 2. The van der Waals surface area contributed by atoms with Crippen LogP contribution in [0.15, 0.2) is 35.8 Å². The molecule has 4 nitrogen and oxygen atoms in total.